The van der Waals surface area contributed by atoms with E-state index in [-0.39, 0.29) is 12.5 Å². The van der Waals surface area contributed by atoms with E-state index in [0.29, 0.717) is 5.75 Å². The van der Waals surface area contributed by atoms with Crippen LogP contribution in [0.2, 0.25) is 0 Å². The zero-order valence-corrected chi connectivity index (χ0v) is 14.9. The minimum atomic E-state index is -0.306. The number of fused-ring (bicyclic) bond motifs is 2. The van der Waals surface area contributed by atoms with Gasteiger partial charge < -0.3 is 9.30 Å². The smallest absolute Gasteiger partial charge is 0.277 e. The molecule has 3 aromatic carbocycles. The number of carbonyl (C=O) groups is 1. The van der Waals surface area contributed by atoms with E-state index >= 15 is 0 Å². The number of nitrogens with zero attached hydrogens (tertiary/aromatic N) is 2. The number of para-hydroxylation sites is 1. The van der Waals surface area contributed by atoms with Gasteiger partial charge in [0.2, 0.25) is 0 Å². The molecule has 0 aliphatic rings. The predicted octanol–water partition coefficient (Wildman–Crippen LogP) is 3.86. The fraction of sp³-hybridized carbons (Fsp3) is 0.0909. The van der Waals surface area contributed by atoms with Gasteiger partial charge in [0, 0.05) is 29.7 Å². The number of hydrogen-bond acceptors (Lipinski definition) is 3. The third kappa shape index (κ3) is 3.67. The number of nitrogens with one attached hydrogen (secondary N) is 1. The zero-order chi connectivity index (χ0) is 18.6. The van der Waals surface area contributed by atoms with Crippen molar-refractivity contribution in [2.24, 2.45) is 12.1 Å². The van der Waals surface area contributed by atoms with Crippen molar-refractivity contribution in [1.82, 2.24) is 9.99 Å². The highest BCUT2D eigenvalue weighted by Crippen LogP contribution is 2.20. The van der Waals surface area contributed by atoms with Crippen LogP contribution in [0.3, 0.4) is 0 Å². The molecular weight excluding hydrogens is 338 g/mol. The van der Waals surface area contributed by atoms with E-state index in [9.17, 15) is 4.79 Å². The second-order valence-corrected chi connectivity index (χ2v) is 6.30. The molecule has 1 aromatic heterocycles. The van der Waals surface area contributed by atoms with Crippen LogP contribution in [0.25, 0.3) is 21.7 Å². The Bertz CT molecular complexity index is 1140. The molecule has 1 N–H and O–H groups in total. The first-order valence-electron chi connectivity index (χ1n) is 8.68. The zero-order valence-electron chi connectivity index (χ0n) is 14.9. The van der Waals surface area contributed by atoms with Crippen molar-refractivity contribution in [3.8, 4) is 5.75 Å². The van der Waals surface area contributed by atoms with Crippen LogP contribution in [0.4, 0.5) is 0 Å². The van der Waals surface area contributed by atoms with Crippen LogP contribution in [0, 0.1) is 0 Å². The van der Waals surface area contributed by atoms with Crippen LogP contribution >= 0.6 is 0 Å². The standard InChI is InChI=1S/C22H19N3O2/c1-25-14-18(20-8-4-5-9-21(20)25)13-23-24-22(26)15-27-19-11-10-16-6-2-3-7-17(16)12-19/h2-14H,15H2,1H3,(H,24,26). The maximum absolute atomic E-state index is 12.0. The number of hydrazone groups is 1. The lowest BCUT2D eigenvalue weighted by molar-refractivity contribution is -0.123. The summed E-state index contributed by atoms with van der Waals surface area (Å²) in [6.45, 7) is -0.0920. The van der Waals surface area contributed by atoms with E-state index < -0.39 is 0 Å². The molecule has 0 unspecified atom stereocenters. The number of carbonyl (C=O) groups excluding carboxylic acids is 1. The van der Waals surface area contributed by atoms with E-state index in [1.54, 1.807) is 6.21 Å². The van der Waals surface area contributed by atoms with Crippen molar-refractivity contribution < 1.29 is 9.53 Å². The summed E-state index contributed by atoms with van der Waals surface area (Å²) in [7, 11) is 1.98. The van der Waals surface area contributed by atoms with Crippen molar-refractivity contribution in [1.29, 1.82) is 0 Å². The van der Waals surface area contributed by atoms with E-state index in [2.05, 4.69) is 10.5 Å². The molecule has 0 fully saturated rings. The summed E-state index contributed by atoms with van der Waals surface area (Å²) in [5, 5.41) is 7.34. The first kappa shape index (κ1) is 16.8. The third-order valence-electron chi connectivity index (χ3n) is 4.41. The number of ether oxygens (including phenoxy) is 1. The predicted molar refractivity (Wildman–Crippen MR) is 108 cm³/mol. The lowest BCUT2D eigenvalue weighted by Gasteiger charge is -2.06. The average Bonchev–Trinajstić information content (AvgIpc) is 3.02. The van der Waals surface area contributed by atoms with Gasteiger partial charge in [-0.25, -0.2) is 5.43 Å². The van der Waals surface area contributed by atoms with Gasteiger partial charge in [-0.2, -0.15) is 5.10 Å². The van der Waals surface area contributed by atoms with Gasteiger partial charge in [-0.05, 0) is 29.0 Å². The lowest BCUT2D eigenvalue weighted by atomic mass is 10.1. The number of rotatable bonds is 5. The van der Waals surface area contributed by atoms with Gasteiger partial charge in [-0.1, -0.05) is 48.5 Å². The molecule has 0 spiro atoms. The normalized spacial score (nSPS) is 11.3. The minimum Gasteiger partial charge on any atom is -0.484 e. The Morgan fingerprint density at radius 3 is 2.74 bits per heavy atom. The fourth-order valence-electron chi connectivity index (χ4n) is 3.09. The molecule has 0 atom stereocenters. The number of hydrogen-bond donors (Lipinski definition) is 1. The molecule has 1 amide bonds. The van der Waals surface area contributed by atoms with Crippen LogP contribution in [-0.4, -0.2) is 23.3 Å². The summed E-state index contributed by atoms with van der Waals surface area (Å²) in [4.78, 5) is 12.0. The molecule has 4 aromatic rings. The van der Waals surface area contributed by atoms with Crippen molar-refractivity contribution in [2.45, 2.75) is 0 Å². The average molecular weight is 357 g/mol. The molecular formula is C22H19N3O2. The summed E-state index contributed by atoms with van der Waals surface area (Å²) in [5.41, 5.74) is 4.57. The molecule has 0 saturated carbocycles. The third-order valence-corrected chi connectivity index (χ3v) is 4.41. The Morgan fingerprint density at radius 1 is 1.07 bits per heavy atom. The van der Waals surface area contributed by atoms with Crippen molar-refractivity contribution in [3.63, 3.8) is 0 Å². The SMILES string of the molecule is Cn1cc(C=NNC(=O)COc2ccc3ccccc3c2)c2ccccc21. The summed E-state index contributed by atoms with van der Waals surface area (Å²) in [5.74, 6) is 0.349. The van der Waals surface area contributed by atoms with Gasteiger partial charge in [0.05, 0.1) is 6.21 Å². The van der Waals surface area contributed by atoms with Gasteiger partial charge in [0.25, 0.3) is 5.91 Å². The number of amides is 1. The minimum absolute atomic E-state index is 0.0920. The Kier molecular flexibility index (Phi) is 4.58. The molecule has 1 heterocycles. The topological polar surface area (TPSA) is 55.6 Å². The molecule has 0 saturated heterocycles. The quantitative estimate of drug-likeness (QED) is 0.436. The molecule has 0 radical (unpaired) electrons. The van der Waals surface area contributed by atoms with Crippen LogP contribution in [0.1, 0.15) is 5.56 Å². The Morgan fingerprint density at radius 2 is 1.85 bits per heavy atom. The highest BCUT2D eigenvalue weighted by molar-refractivity contribution is 5.99. The van der Waals surface area contributed by atoms with Crippen LogP contribution in [0.5, 0.6) is 5.75 Å². The second kappa shape index (κ2) is 7.33. The van der Waals surface area contributed by atoms with Crippen molar-refractivity contribution >= 4 is 33.8 Å². The summed E-state index contributed by atoms with van der Waals surface area (Å²) < 4.78 is 7.59. The van der Waals surface area contributed by atoms with E-state index in [1.165, 1.54) is 0 Å². The summed E-state index contributed by atoms with van der Waals surface area (Å²) >= 11 is 0. The van der Waals surface area contributed by atoms with Gasteiger partial charge in [-0.15, -0.1) is 0 Å². The van der Waals surface area contributed by atoms with Gasteiger partial charge in [-0.3, -0.25) is 4.79 Å². The number of aromatic nitrogens is 1. The molecule has 0 aliphatic carbocycles. The maximum atomic E-state index is 12.0. The van der Waals surface area contributed by atoms with Crippen molar-refractivity contribution in [3.05, 3.63) is 78.5 Å². The molecule has 5 heteroatoms. The molecule has 4 rings (SSSR count). The summed E-state index contributed by atoms with van der Waals surface area (Å²) in [6, 6.07) is 21.8. The Hall–Kier alpha value is -3.60. The molecule has 27 heavy (non-hydrogen) atoms. The van der Waals surface area contributed by atoms with Gasteiger partial charge in [0.15, 0.2) is 6.61 Å². The summed E-state index contributed by atoms with van der Waals surface area (Å²) in [6.07, 6.45) is 3.63. The van der Waals surface area contributed by atoms with Crippen LogP contribution < -0.4 is 10.2 Å². The highest BCUT2D eigenvalue weighted by atomic mass is 16.5. The molecule has 5 nitrogen and oxygen atoms in total. The first-order chi connectivity index (χ1) is 13.2. The number of aryl methyl sites for hydroxylation is 1. The van der Waals surface area contributed by atoms with Crippen LogP contribution in [-0.2, 0) is 11.8 Å². The largest absolute Gasteiger partial charge is 0.484 e. The van der Waals surface area contributed by atoms with E-state index in [0.717, 1.165) is 27.2 Å². The Labute approximate surface area is 156 Å². The van der Waals surface area contributed by atoms with Gasteiger partial charge >= 0.3 is 0 Å². The molecule has 0 bridgehead atoms. The fourth-order valence-corrected chi connectivity index (χ4v) is 3.09. The van der Waals surface area contributed by atoms with Gasteiger partial charge in [0.1, 0.15) is 5.75 Å². The number of benzene rings is 3. The second-order valence-electron chi connectivity index (χ2n) is 6.30. The van der Waals surface area contributed by atoms with E-state index in [4.69, 9.17) is 4.74 Å². The van der Waals surface area contributed by atoms with Crippen LogP contribution in [0.15, 0.2) is 78.0 Å². The molecule has 134 valence electrons. The monoisotopic (exact) mass is 357 g/mol. The first-order valence-corrected chi connectivity index (χ1v) is 8.68. The maximum Gasteiger partial charge on any atom is 0.277 e. The molecule has 0 aliphatic heterocycles. The Balaban J connectivity index is 1.36. The van der Waals surface area contributed by atoms with Crippen molar-refractivity contribution in [2.75, 3.05) is 6.61 Å². The van der Waals surface area contributed by atoms with E-state index in [1.807, 2.05) is 84.5 Å². The lowest BCUT2D eigenvalue weighted by Crippen LogP contribution is -2.24. The highest BCUT2D eigenvalue weighted by Gasteiger charge is 2.05.